The Kier molecular flexibility index (Phi) is 7.21. The lowest BCUT2D eigenvalue weighted by Gasteiger charge is -2.36. The van der Waals surface area contributed by atoms with Crippen LogP contribution >= 0.6 is 0 Å². The molecule has 4 rings (SSSR count). The summed E-state index contributed by atoms with van der Waals surface area (Å²) in [5.74, 6) is -1.63. The maximum atomic E-state index is 13.4. The Labute approximate surface area is 203 Å². The Morgan fingerprint density at radius 1 is 1.20 bits per heavy atom. The van der Waals surface area contributed by atoms with E-state index in [4.69, 9.17) is 9.15 Å². The van der Waals surface area contributed by atoms with Crippen LogP contribution in [0.1, 0.15) is 18.4 Å². The number of carbonyl (C=O) groups is 2. The highest BCUT2D eigenvalue weighted by molar-refractivity contribution is 5.96. The van der Waals surface area contributed by atoms with Crippen molar-refractivity contribution in [2.24, 2.45) is 5.92 Å². The number of fused-ring (bicyclic) bond motifs is 1. The van der Waals surface area contributed by atoms with Gasteiger partial charge in [0.15, 0.2) is 0 Å². The largest absolute Gasteiger partial charge is 0.481 e. The lowest BCUT2D eigenvalue weighted by molar-refractivity contribution is -0.146. The number of hydrogen-bond acceptors (Lipinski definition) is 6. The molecule has 8 nitrogen and oxygen atoms in total. The number of aryl methyl sites for hydroxylation is 1. The van der Waals surface area contributed by atoms with E-state index in [1.165, 1.54) is 13.2 Å². The molecule has 1 N–H and O–H groups in total. The van der Waals surface area contributed by atoms with Crippen molar-refractivity contribution in [3.05, 3.63) is 64.5 Å². The molecule has 184 valence electrons. The fourth-order valence-corrected chi connectivity index (χ4v) is 4.74. The third-order valence-corrected chi connectivity index (χ3v) is 6.73. The first-order valence-corrected chi connectivity index (χ1v) is 11.7. The maximum Gasteiger partial charge on any atom is 0.336 e. The lowest BCUT2D eigenvalue weighted by Crippen LogP contribution is -2.53. The molecule has 1 unspecified atom stereocenters. The third kappa shape index (κ3) is 5.07. The number of methoxy groups -OCH3 is 1. The molecule has 0 saturated carbocycles. The van der Waals surface area contributed by atoms with Gasteiger partial charge in [0.1, 0.15) is 11.6 Å². The van der Waals surface area contributed by atoms with E-state index in [2.05, 4.69) is 0 Å². The fourth-order valence-electron chi connectivity index (χ4n) is 4.74. The number of carbonyl (C=O) groups excluding carboxylic acids is 1. The summed E-state index contributed by atoms with van der Waals surface area (Å²) in [6.07, 6.45) is 1.21. The molecule has 0 radical (unpaired) electrons. The number of carboxylic acid groups (broad SMARTS) is 1. The number of likely N-dealkylation sites (N-methyl/N-ethyl adjacent to an activating group) is 1. The van der Waals surface area contributed by atoms with Gasteiger partial charge in [-0.3, -0.25) is 9.59 Å². The summed E-state index contributed by atoms with van der Waals surface area (Å²) in [7, 11) is 3.31. The smallest absolute Gasteiger partial charge is 0.336 e. The number of anilines is 1. The molecule has 3 aromatic rings. The minimum Gasteiger partial charge on any atom is -0.481 e. The molecule has 1 aliphatic heterocycles. The molecule has 2 aromatic carbocycles. The minimum absolute atomic E-state index is 0.134. The molecular weight excluding hydrogens is 448 g/mol. The number of likely N-dealkylation sites (tertiary alicyclic amines) is 1. The highest BCUT2D eigenvalue weighted by Crippen LogP contribution is 2.32. The van der Waals surface area contributed by atoms with Gasteiger partial charge in [-0.05, 0) is 43.0 Å². The molecule has 1 aliphatic rings. The van der Waals surface area contributed by atoms with Gasteiger partial charge in [0.05, 0.1) is 12.5 Å². The zero-order valence-electron chi connectivity index (χ0n) is 20.2. The van der Waals surface area contributed by atoms with E-state index in [1.54, 1.807) is 22.9 Å². The van der Waals surface area contributed by atoms with Gasteiger partial charge in [-0.25, -0.2) is 4.79 Å². The number of rotatable bonds is 7. The SMILES string of the molecule is COCC(C(=O)N1CCC[C@H](C(=O)O)C1)N(C)c1ccc2c(-c3ccccc3C)cc(=O)oc2c1. The quantitative estimate of drug-likeness (QED) is 0.519. The average molecular weight is 479 g/mol. The van der Waals surface area contributed by atoms with Crippen LogP contribution in [0, 0.1) is 12.8 Å². The van der Waals surface area contributed by atoms with Gasteiger partial charge in [0, 0.05) is 56.0 Å². The highest BCUT2D eigenvalue weighted by atomic mass is 16.5. The molecule has 2 atom stereocenters. The average Bonchev–Trinajstić information content (AvgIpc) is 2.86. The van der Waals surface area contributed by atoms with Crippen molar-refractivity contribution in [3.63, 3.8) is 0 Å². The fraction of sp³-hybridized carbons (Fsp3) is 0.370. The van der Waals surface area contributed by atoms with Crippen LogP contribution in [0.3, 0.4) is 0 Å². The Morgan fingerprint density at radius 2 is 1.97 bits per heavy atom. The summed E-state index contributed by atoms with van der Waals surface area (Å²) >= 11 is 0. The maximum absolute atomic E-state index is 13.4. The van der Waals surface area contributed by atoms with Gasteiger partial charge in [-0.15, -0.1) is 0 Å². The first-order chi connectivity index (χ1) is 16.8. The minimum atomic E-state index is -0.881. The predicted octanol–water partition coefficient (Wildman–Crippen LogP) is 3.54. The van der Waals surface area contributed by atoms with Crippen LogP contribution in [0.25, 0.3) is 22.1 Å². The topological polar surface area (TPSA) is 100 Å². The van der Waals surface area contributed by atoms with Crippen molar-refractivity contribution in [2.75, 3.05) is 38.8 Å². The standard InChI is InChI=1S/C27H30N2O6/c1-17-7-4-5-9-20(17)22-14-25(30)35-24-13-19(10-11-21(22)24)28(2)23(16-34-3)26(31)29-12-6-8-18(15-29)27(32)33/h4-5,7,9-11,13-14,18,23H,6,8,12,15-16H2,1-3H3,(H,32,33)/t18-,23?/m0/s1. The summed E-state index contributed by atoms with van der Waals surface area (Å²) in [4.78, 5) is 40.7. The van der Waals surface area contributed by atoms with Gasteiger partial charge in [-0.1, -0.05) is 24.3 Å². The first-order valence-electron chi connectivity index (χ1n) is 11.7. The zero-order valence-corrected chi connectivity index (χ0v) is 20.2. The number of hydrogen-bond donors (Lipinski definition) is 1. The normalized spacial score (nSPS) is 16.8. The van der Waals surface area contributed by atoms with E-state index in [-0.39, 0.29) is 19.1 Å². The molecule has 1 fully saturated rings. The van der Waals surface area contributed by atoms with Crippen LogP contribution in [-0.4, -0.2) is 61.8 Å². The van der Waals surface area contributed by atoms with Gasteiger partial charge in [0.2, 0.25) is 5.91 Å². The number of aliphatic carboxylic acids is 1. The molecule has 8 heteroatoms. The van der Waals surface area contributed by atoms with Crippen molar-refractivity contribution in [3.8, 4) is 11.1 Å². The van der Waals surface area contributed by atoms with Crippen molar-refractivity contribution in [2.45, 2.75) is 25.8 Å². The van der Waals surface area contributed by atoms with Crippen molar-refractivity contribution in [1.29, 1.82) is 0 Å². The first kappa shape index (κ1) is 24.5. The van der Waals surface area contributed by atoms with Gasteiger partial charge < -0.3 is 24.1 Å². The molecular formula is C27H30N2O6. The summed E-state index contributed by atoms with van der Waals surface area (Å²) in [6, 6.07) is 14.2. The summed E-state index contributed by atoms with van der Waals surface area (Å²) in [5.41, 5.74) is 3.45. The molecule has 2 heterocycles. The monoisotopic (exact) mass is 478 g/mol. The molecule has 35 heavy (non-hydrogen) atoms. The van der Waals surface area contributed by atoms with Crippen molar-refractivity contribution >= 4 is 28.5 Å². The number of piperidine rings is 1. The molecule has 1 saturated heterocycles. The third-order valence-electron chi connectivity index (χ3n) is 6.73. The second-order valence-electron chi connectivity index (χ2n) is 9.02. The number of ether oxygens (including phenoxy) is 1. The van der Waals surface area contributed by atoms with E-state index in [1.807, 2.05) is 43.3 Å². The molecule has 0 spiro atoms. The van der Waals surface area contributed by atoms with Crippen LogP contribution in [-0.2, 0) is 14.3 Å². The van der Waals surface area contributed by atoms with E-state index < -0.39 is 23.6 Å². The Hall–Kier alpha value is -3.65. The number of carboxylic acids is 1. The van der Waals surface area contributed by atoms with Crippen molar-refractivity contribution in [1.82, 2.24) is 4.90 Å². The number of nitrogens with zero attached hydrogens (tertiary/aromatic N) is 2. The molecule has 1 aromatic heterocycles. The Bertz CT molecular complexity index is 1300. The van der Waals surface area contributed by atoms with Crippen LogP contribution in [0.4, 0.5) is 5.69 Å². The van der Waals surface area contributed by atoms with Gasteiger partial charge >= 0.3 is 11.6 Å². The summed E-state index contributed by atoms with van der Waals surface area (Å²) in [6.45, 7) is 2.83. The molecule has 0 bridgehead atoms. The van der Waals surface area contributed by atoms with E-state index in [0.717, 1.165) is 22.1 Å². The van der Waals surface area contributed by atoms with Crippen LogP contribution in [0.5, 0.6) is 0 Å². The van der Waals surface area contributed by atoms with E-state index >= 15 is 0 Å². The lowest BCUT2D eigenvalue weighted by atomic mass is 9.97. The number of amides is 1. The molecule has 0 aliphatic carbocycles. The second-order valence-corrected chi connectivity index (χ2v) is 9.02. The Morgan fingerprint density at radius 3 is 2.69 bits per heavy atom. The zero-order chi connectivity index (χ0) is 25.1. The van der Waals surface area contributed by atoms with Gasteiger partial charge in [-0.2, -0.15) is 0 Å². The summed E-state index contributed by atoms with van der Waals surface area (Å²) in [5, 5.41) is 10.2. The van der Waals surface area contributed by atoms with Gasteiger partial charge in [0.25, 0.3) is 0 Å². The van der Waals surface area contributed by atoms with Crippen LogP contribution < -0.4 is 10.5 Å². The van der Waals surface area contributed by atoms with Crippen LogP contribution in [0.15, 0.2) is 57.7 Å². The Balaban J connectivity index is 1.68. The highest BCUT2D eigenvalue weighted by Gasteiger charge is 2.34. The van der Waals surface area contributed by atoms with Crippen LogP contribution in [0.2, 0.25) is 0 Å². The van der Waals surface area contributed by atoms with E-state index in [9.17, 15) is 19.5 Å². The summed E-state index contributed by atoms with van der Waals surface area (Å²) < 4.78 is 10.9. The number of benzene rings is 2. The van der Waals surface area contributed by atoms with Crippen molar-refractivity contribution < 1.29 is 23.8 Å². The molecule has 1 amide bonds. The second kappa shape index (κ2) is 10.3. The van der Waals surface area contributed by atoms with E-state index in [0.29, 0.717) is 30.7 Å². The predicted molar refractivity (Wildman–Crippen MR) is 134 cm³/mol.